The van der Waals surface area contributed by atoms with Crippen molar-refractivity contribution in [1.82, 2.24) is 5.32 Å². The van der Waals surface area contributed by atoms with E-state index in [9.17, 15) is 4.79 Å². The lowest BCUT2D eigenvalue weighted by atomic mass is 9.79. The highest BCUT2D eigenvalue weighted by Crippen LogP contribution is 2.29. The molecule has 2 atom stereocenters. The van der Waals surface area contributed by atoms with E-state index in [0.29, 0.717) is 5.92 Å². The van der Waals surface area contributed by atoms with Crippen molar-refractivity contribution in [3.8, 4) is 0 Å². The van der Waals surface area contributed by atoms with Gasteiger partial charge in [-0.1, -0.05) is 44.2 Å². The van der Waals surface area contributed by atoms with Gasteiger partial charge in [-0.25, -0.2) is 0 Å². The zero-order chi connectivity index (χ0) is 16.2. The first-order valence-corrected chi connectivity index (χ1v) is 8.36. The van der Waals surface area contributed by atoms with E-state index in [1.54, 1.807) is 0 Å². The number of nitrogens with one attached hydrogen (secondary N) is 1. The topological polar surface area (TPSA) is 38.3 Å². The molecule has 0 aliphatic heterocycles. The molecule has 0 saturated heterocycles. The number of carbonyl (C=O) groups excluding carboxylic acids is 1. The average Bonchev–Trinajstić information content (AvgIpc) is 3.29. The molecule has 1 aromatic rings. The Labute approximate surface area is 134 Å². The van der Waals surface area contributed by atoms with Crippen LogP contribution in [0.1, 0.15) is 52.5 Å². The van der Waals surface area contributed by atoms with Gasteiger partial charge in [0.15, 0.2) is 0 Å². The molecule has 1 aliphatic rings. The van der Waals surface area contributed by atoms with Crippen LogP contribution in [-0.4, -0.2) is 24.7 Å². The fraction of sp³-hybridized carbons (Fsp3) is 0.632. The Morgan fingerprint density at radius 1 is 1.27 bits per heavy atom. The molecule has 1 amide bonds. The number of benzene rings is 1. The predicted octanol–water partition coefficient (Wildman–Crippen LogP) is 3.67. The molecule has 0 heterocycles. The largest absolute Gasteiger partial charge is 0.368 e. The molecule has 0 radical (unpaired) electrons. The van der Waals surface area contributed by atoms with Crippen LogP contribution in [0.3, 0.4) is 0 Å². The molecule has 0 spiro atoms. The molecular formula is C19H29NO2. The van der Waals surface area contributed by atoms with Crippen molar-refractivity contribution in [3.63, 3.8) is 0 Å². The van der Waals surface area contributed by atoms with Gasteiger partial charge in [0.25, 0.3) is 0 Å². The Morgan fingerprint density at radius 2 is 1.91 bits per heavy atom. The summed E-state index contributed by atoms with van der Waals surface area (Å²) in [6.07, 6.45) is 3.03. The number of hydrogen-bond acceptors (Lipinski definition) is 2. The van der Waals surface area contributed by atoms with Gasteiger partial charge in [-0.2, -0.15) is 0 Å². The van der Waals surface area contributed by atoms with Crippen LogP contribution in [0, 0.1) is 5.92 Å². The highest BCUT2D eigenvalue weighted by Gasteiger charge is 2.27. The van der Waals surface area contributed by atoms with Crippen molar-refractivity contribution in [1.29, 1.82) is 0 Å². The van der Waals surface area contributed by atoms with Crippen molar-refractivity contribution in [2.75, 3.05) is 6.61 Å². The molecular weight excluding hydrogens is 274 g/mol. The fourth-order valence-electron chi connectivity index (χ4n) is 2.82. The van der Waals surface area contributed by atoms with Gasteiger partial charge in [-0.3, -0.25) is 4.79 Å². The number of carbonyl (C=O) groups is 1. The van der Waals surface area contributed by atoms with Crippen molar-refractivity contribution in [2.24, 2.45) is 5.92 Å². The zero-order valence-electron chi connectivity index (χ0n) is 14.3. The molecule has 2 rings (SSSR count). The Hall–Kier alpha value is -1.35. The minimum absolute atomic E-state index is 0.00277. The summed E-state index contributed by atoms with van der Waals surface area (Å²) in [5.74, 6) is 0.682. The van der Waals surface area contributed by atoms with Crippen LogP contribution < -0.4 is 5.32 Å². The highest BCUT2D eigenvalue weighted by atomic mass is 16.5. The van der Waals surface area contributed by atoms with Gasteiger partial charge >= 0.3 is 0 Å². The Morgan fingerprint density at radius 3 is 2.50 bits per heavy atom. The summed E-state index contributed by atoms with van der Waals surface area (Å²) in [6.45, 7) is 9.07. The lowest BCUT2D eigenvalue weighted by Gasteiger charge is -2.29. The summed E-state index contributed by atoms with van der Waals surface area (Å²) in [5.41, 5.74) is 1.33. The zero-order valence-corrected chi connectivity index (χ0v) is 14.3. The maximum Gasteiger partial charge on any atom is 0.249 e. The Bertz CT molecular complexity index is 479. The standard InChI is InChI=1S/C19H29NO2/c1-14(12-19(3,4)17-8-6-5-7-9-17)20-18(21)15(2)22-13-16-10-11-16/h5-9,14-16H,10-13H2,1-4H3,(H,20,21). The molecule has 1 saturated carbocycles. The number of ether oxygens (including phenoxy) is 1. The minimum Gasteiger partial charge on any atom is -0.368 e. The lowest BCUT2D eigenvalue weighted by Crippen LogP contribution is -2.42. The molecule has 0 aromatic heterocycles. The molecule has 1 aromatic carbocycles. The van der Waals surface area contributed by atoms with Crippen molar-refractivity contribution < 1.29 is 9.53 Å². The normalized spacial score (nSPS) is 17.8. The summed E-state index contributed by atoms with van der Waals surface area (Å²) in [5, 5.41) is 3.09. The van der Waals surface area contributed by atoms with E-state index in [0.717, 1.165) is 13.0 Å². The van der Waals surface area contributed by atoms with E-state index in [1.807, 2.05) is 13.0 Å². The number of amides is 1. The van der Waals surface area contributed by atoms with Crippen LogP contribution >= 0.6 is 0 Å². The van der Waals surface area contributed by atoms with Crippen LogP contribution in [0.4, 0.5) is 0 Å². The first-order valence-electron chi connectivity index (χ1n) is 8.36. The van der Waals surface area contributed by atoms with Crippen LogP contribution in [0.25, 0.3) is 0 Å². The molecule has 22 heavy (non-hydrogen) atoms. The first kappa shape index (κ1) is 17.0. The minimum atomic E-state index is -0.358. The van der Waals surface area contributed by atoms with E-state index in [4.69, 9.17) is 4.74 Å². The second-order valence-electron chi connectivity index (χ2n) is 7.28. The molecule has 2 unspecified atom stereocenters. The van der Waals surface area contributed by atoms with Gasteiger partial charge in [0.2, 0.25) is 5.91 Å². The maximum absolute atomic E-state index is 12.2. The highest BCUT2D eigenvalue weighted by molar-refractivity contribution is 5.80. The summed E-state index contributed by atoms with van der Waals surface area (Å²) in [7, 11) is 0. The lowest BCUT2D eigenvalue weighted by molar-refractivity contribution is -0.132. The van der Waals surface area contributed by atoms with Crippen molar-refractivity contribution in [3.05, 3.63) is 35.9 Å². The molecule has 3 nitrogen and oxygen atoms in total. The van der Waals surface area contributed by atoms with Gasteiger partial charge in [0, 0.05) is 6.04 Å². The summed E-state index contributed by atoms with van der Waals surface area (Å²) in [6, 6.07) is 10.6. The van der Waals surface area contributed by atoms with E-state index in [-0.39, 0.29) is 23.5 Å². The third kappa shape index (κ3) is 5.13. The summed E-state index contributed by atoms with van der Waals surface area (Å²) in [4.78, 5) is 12.2. The van der Waals surface area contributed by atoms with E-state index in [1.165, 1.54) is 18.4 Å². The van der Waals surface area contributed by atoms with Crippen molar-refractivity contribution in [2.45, 2.75) is 64.5 Å². The van der Waals surface area contributed by atoms with Crippen molar-refractivity contribution >= 4 is 5.91 Å². The molecule has 1 fully saturated rings. The second kappa shape index (κ2) is 7.28. The van der Waals surface area contributed by atoms with E-state index in [2.05, 4.69) is 50.4 Å². The van der Waals surface area contributed by atoms with Gasteiger partial charge in [0.05, 0.1) is 6.61 Å². The Kier molecular flexibility index (Phi) is 5.63. The van der Waals surface area contributed by atoms with E-state index >= 15 is 0 Å². The molecule has 1 aliphatic carbocycles. The first-order chi connectivity index (χ1) is 10.4. The average molecular weight is 303 g/mol. The van der Waals surface area contributed by atoms with E-state index < -0.39 is 0 Å². The molecule has 3 heteroatoms. The van der Waals surface area contributed by atoms with Crippen LogP contribution in [-0.2, 0) is 14.9 Å². The van der Waals surface area contributed by atoms with Crippen LogP contribution in [0.5, 0.6) is 0 Å². The Balaban J connectivity index is 1.80. The monoisotopic (exact) mass is 303 g/mol. The SMILES string of the molecule is CC(CC(C)(C)c1ccccc1)NC(=O)C(C)OCC1CC1. The van der Waals surface area contributed by atoms with Gasteiger partial charge < -0.3 is 10.1 Å². The van der Waals surface area contributed by atoms with Gasteiger partial charge in [-0.15, -0.1) is 0 Å². The summed E-state index contributed by atoms with van der Waals surface area (Å²) >= 11 is 0. The fourth-order valence-corrected chi connectivity index (χ4v) is 2.82. The smallest absolute Gasteiger partial charge is 0.249 e. The third-order valence-electron chi connectivity index (χ3n) is 4.41. The quantitative estimate of drug-likeness (QED) is 0.795. The van der Waals surface area contributed by atoms with Crippen LogP contribution in [0.2, 0.25) is 0 Å². The predicted molar refractivity (Wildman–Crippen MR) is 89.8 cm³/mol. The molecule has 1 N–H and O–H groups in total. The third-order valence-corrected chi connectivity index (χ3v) is 4.41. The second-order valence-corrected chi connectivity index (χ2v) is 7.28. The molecule has 122 valence electrons. The summed E-state index contributed by atoms with van der Waals surface area (Å²) < 4.78 is 5.63. The van der Waals surface area contributed by atoms with Crippen LogP contribution in [0.15, 0.2) is 30.3 Å². The number of hydrogen-bond donors (Lipinski definition) is 1. The molecule has 0 bridgehead atoms. The van der Waals surface area contributed by atoms with Gasteiger partial charge in [-0.05, 0) is 50.0 Å². The van der Waals surface area contributed by atoms with Gasteiger partial charge in [0.1, 0.15) is 6.10 Å². The maximum atomic E-state index is 12.2. The number of rotatable bonds is 8.